The van der Waals surface area contributed by atoms with Crippen LogP contribution in [0.5, 0.6) is 0 Å². The molecule has 1 N–H and O–H groups in total. The zero-order valence-electron chi connectivity index (χ0n) is 13.8. The summed E-state index contributed by atoms with van der Waals surface area (Å²) in [6.07, 6.45) is 2.46. The van der Waals surface area contributed by atoms with Crippen molar-refractivity contribution in [3.8, 4) is 0 Å². The Kier molecular flexibility index (Phi) is 4.61. The van der Waals surface area contributed by atoms with Gasteiger partial charge in [-0.05, 0) is 31.7 Å². The first-order chi connectivity index (χ1) is 11.3. The van der Waals surface area contributed by atoms with E-state index >= 15 is 0 Å². The molecule has 1 aromatic heterocycles. The van der Waals surface area contributed by atoms with Crippen molar-refractivity contribution in [1.29, 1.82) is 0 Å². The number of carbonyl (C=O) groups excluding carboxylic acids is 1. The molecule has 3 rings (SSSR count). The highest BCUT2D eigenvalue weighted by Crippen LogP contribution is 2.23. The minimum Gasteiger partial charge on any atom is -0.348 e. The second-order valence-corrected chi connectivity index (χ2v) is 9.54. The number of nitrogens with zero attached hydrogens (tertiary/aromatic N) is 2. The van der Waals surface area contributed by atoms with Crippen molar-refractivity contribution in [1.82, 2.24) is 14.9 Å². The third kappa shape index (κ3) is 3.59. The first kappa shape index (κ1) is 17.3. The summed E-state index contributed by atoms with van der Waals surface area (Å²) in [4.78, 5) is 17.1. The van der Waals surface area contributed by atoms with Crippen molar-refractivity contribution in [3.63, 3.8) is 0 Å². The summed E-state index contributed by atoms with van der Waals surface area (Å²) in [5.74, 6) is 1.53. The number of aromatic nitrogens is 2. The average Bonchev–Trinajstić information content (AvgIpc) is 2.97. The minimum absolute atomic E-state index is 0.00802. The highest BCUT2D eigenvalue weighted by molar-refractivity contribution is 7.97. The van der Waals surface area contributed by atoms with Crippen LogP contribution in [0.3, 0.4) is 0 Å². The van der Waals surface area contributed by atoms with Gasteiger partial charge in [-0.3, -0.25) is 4.79 Å². The summed E-state index contributed by atoms with van der Waals surface area (Å²) in [6, 6.07) is 7.72. The zero-order valence-corrected chi connectivity index (χ0v) is 15.4. The van der Waals surface area contributed by atoms with Gasteiger partial charge >= 0.3 is 0 Å². The quantitative estimate of drug-likeness (QED) is 0.868. The summed E-state index contributed by atoms with van der Waals surface area (Å²) in [6.45, 7) is 1.94. The third-order valence-electron chi connectivity index (χ3n) is 4.25. The van der Waals surface area contributed by atoms with E-state index in [4.69, 9.17) is 0 Å². The molecule has 24 heavy (non-hydrogen) atoms. The Bertz CT molecular complexity index is 876. The van der Waals surface area contributed by atoms with Crippen LogP contribution < -0.4 is 5.32 Å². The van der Waals surface area contributed by atoms with E-state index in [1.54, 1.807) is 18.7 Å². The molecular weight excluding hydrogens is 346 g/mol. The minimum atomic E-state index is -3.05. The summed E-state index contributed by atoms with van der Waals surface area (Å²) in [5.41, 5.74) is 1.11. The molecule has 2 aromatic rings. The van der Waals surface area contributed by atoms with Gasteiger partial charge in [-0.2, -0.15) is 11.8 Å². The number of carbonyl (C=O) groups is 1. The smallest absolute Gasteiger partial charge is 0.240 e. The van der Waals surface area contributed by atoms with Gasteiger partial charge in [0.15, 0.2) is 9.84 Å². The van der Waals surface area contributed by atoms with E-state index in [-0.39, 0.29) is 24.0 Å². The number of hydrogen-bond donors (Lipinski definition) is 1. The highest BCUT2D eigenvalue weighted by Gasteiger charge is 2.39. The average molecular weight is 367 g/mol. The first-order valence-corrected chi connectivity index (χ1v) is 11.0. The number of rotatable bonds is 5. The fourth-order valence-electron chi connectivity index (χ4n) is 3.17. The molecule has 1 atom stereocenters. The van der Waals surface area contributed by atoms with Crippen LogP contribution in [0.2, 0.25) is 0 Å². The maximum atomic E-state index is 12.5. The number of nitrogens with one attached hydrogen (secondary N) is 1. The van der Waals surface area contributed by atoms with E-state index in [2.05, 4.69) is 10.3 Å². The largest absolute Gasteiger partial charge is 0.348 e. The Labute approximate surface area is 145 Å². The van der Waals surface area contributed by atoms with E-state index in [1.807, 2.05) is 35.1 Å². The first-order valence-electron chi connectivity index (χ1n) is 7.76. The van der Waals surface area contributed by atoms with Gasteiger partial charge in [0, 0.05) is 0 Å². The summed E-state index contributed by atoms with van der Waals surface area (Å²) in [7, 11) is -3.05. The number of sulfone groups is 1. The van der Waals surface area contributed by atoms with Crippen LogP contribution in [0.1, 0.15) is 19.2 Å². The van der Waals surface area contributed by atoms with Crippen molar-refractivity contribution in [3.05, 3.63) is 30.1 Å². The molecule has 1 amide bonds. The maximum absolute atomic E-state index is 12.5. The van der Waals surface area contributed by atoms with Crippen LogP contribution in [0.25, 0.3) is 11.0 Å². The SMILES string of the molecule is CSCc1nc2ccccc2n1CC(=O)NC1(C)CCS(=O)(=O)C1. The molecular formula is C16H21N3O3S2. The second kappa shape index (κ2) is 6.40. The number of benzene rings is 1. The summed E-state index contributed by atoms with van der Waals surface area (Å²) >= 11 is 1.65. The summed E-state index contributed by atoms with van der Waals surface area (Å²) < 4.78 is 25.3. The van der Waals surface area contributed by atoms with E-state index in [1.165, 1.54) is 0 Å². The normalized spacial score (nSPS) is 22.8. The van der Waals surface area contributed by atoms with E-state index in [9.17, 15) is 13.2 Å². The van der Waals surface area contributed by atoms with Crippen LogP contribution >= 0.6 is 11.8 Å². The topological polar surface area (TPSA) is 81.1 Å². The molecule has 0 bridgehead atoms. The molecule has 0 spiro atoms. The third-order valence-corrected chi connectivity index (χ3v) is 6.70. The van der Waals surface area contributed by atoms with Crippen LogP contribution in [0.15, 0.2) is 24.3 Å². The van der Waals surface area contributed by atoms with Crippen molar-refractivity contribution in [2.45, 2.75) is 31.2 Å². The molecule has 130 valence electrons. The molecule has 6 nitrogen and oxygen atoms in total. The summed E-state index contributed by atoms with van der Waals surface area (Å²) in [5, 5.41) is 2.91. The Morgan fingerprint density at radius 2 is 2.17 bits per heavy atom. The standard InChI is InChI=1S/C16H21N3O3S2/c1-16(7-8-24(21,22)11-16)18-15(20)9-19-13-6-4-3-5-12(13)17-14(19)10-23-2/h3-6H,7-11H2,1-2H3,(H,18,20). The highest BCUT2D eigenvalue weighted by atomic mass is 32.2. The molecule has 1 saturated heterocycles. The van der Waals surface area contributed by atoms with Gasteiger partial charge in [0.2, 0.25) is 5.91 Å². The van der Waals surface area contributed by atoms with Gasteiger partial charge in [-0.25, -0.2) is 13.4 Å². The number of fused-ring (bicyclic) bond motifs is 1. The Hall–Kier alpha value is -1.54. The van der Waals surface area contributed by atoms with Crippen molar-refractivity contribution in [2.24, 2.45) is 0 Å². The van der Waals surface area contributed by atoms with Gasteiger partial charge in [0.25, 0.3) is 0 Å². The van der Waals surface area contributed by atoms with E-state index in [0.29, 0.717) is 12.2 Å². The van der Waals surface area contributed by atoms with Crippen LogP contribution in [-0.4, -0.2) is 47.2 Å². The lowest BCUT2D eigenvalue weighted by molar-refractivity contribution is -0.123. The van der Waals surface area contributed by atoms with Crippen molar-refractivity contribution < 1.29 is 13.2 Å². The molecule has 1 fully saturated rings. The fraction of sp³-hybridized carbons (Fsp3) is 0.500. The van der Waals surface area contributed by atoms with Gasteiger partial charge in [0.05, 0.1) is 33.8 Å². The fourth-order valence-corrected chi connectivity index (χ4v) is 5.74. The van der Waals surface area contributed by atoms with Crippen molar-refractivity contribution in [2.75, 3.05) is 17.8 Å². The van der Waals surface area contributed by atoms with Crippen LogP contribution in [-0.2, 0) is 26.9 Å². The molecule has 2 heterocycles. The lowest BCUT2D eigenvalue weighted by atomic mass is 10.0. The molecule has 1 unspecified atom stereocenters. The monoisotopic (exact) mass is 367 g/mol. The van der Waals surface area contributed by atoms with Gasteiger partial charge < -0.3 is 9.88 Å². The maximum Gasteiger partial charge on any atom is 0.240 e. The molecule has 1 aromatic carbocycles. The number of imidazole rings is 1. The molecule has 1 aliphatic rings. The number of hydrogen-bond acceptors (Lipinski definition) is 5. The molecule has 0 saturated carbocycles. The molecule has 0 aliphatic carbocycles. The lowest BCUT2D eigenvalue weighted by Crippen LogP contribution is -2.48. The molecule has 0 radical (unpaired) electrons. The predicted octanol–water partition coefficient (Wildman–Crippen LogP) is 1.59. The van der Waals surface area contributed by atoms with Crippen LogP contribution in [0, 0.1) is 0 Å². The van der Waals surface area contributed by atoms with Gasteiger partial charge in [0.1, 0.15) is 12.4 Å². The number of thioether (sulfide) groups is 1. The van der Waals surface area contributed by atoms with Crippen LogP contribution in [0.4, 0.5) is 0 Å². The molecule has 8 heteroatoms. The van der Waals surface area contributed by atoms with Gasteiger partial charge in [-0.15, -0.1) is 0 Å². The Morgan fingerprint density at radius 3 is 2.83 bits per heavy atom. The van der Waals surface area contributed by atoms with Crippen molar-refractivity contribution >= 4 is 38.5 Å². The Balaban J connectivity index is 1.82. The zero-order chi connectivity index (χ0) is 17.4. The number of para-hydroxylation sites is 2. The Morgan fingerprint density at radius 1 is 1.42 bits per heavy atom. The second-order valence-electron chi connectivity index (χ2n) is 6.49. The number of amides is 1. The lowest BCUT2D eigenvalue weighted by Gasteiger charge is -2.24. The molecule has 1 aliphatic heterocycles. The van der Waals surface area contributed by atoms with E-state index in [0.717, 1.165) is 16.9 Å². The predicted molar refractivity (Wildman–Crippen MR) is 96.8 cm³/mol. The van der Waals surface area contributed by atoms with Gasteiger partial charge in [-0.1, -0.05) is 12.1 Å². The van der Waals surface area contributed by atoms with E-state index < -0.39 is 15.4 Å².